The minimum Gasteiger partial charge on any atom is -0.324 e. The first-order valence-electron chi connectivity index (χ1n) is 9.53. The second kappa shape index (κ2) is 14.0. The summed E-state index contributed by atoms with van der Waals surface area (Å²) in [7, 11) is 0. The van der Waals surface area contributed by atoms with Gasteiger partial charge in [-0.05, 0) is 6.42 Å². The van der Waals surface area contributed by atoms with E-state index in [9.17, 15) is 0 Å². The Labute approximate surface area is 141 Å². The van der Waals surface area contributed by atoms with Crippen molar-refractivity contribution >= 4 is 11.3 Å². The maximum atomic E-state index is 7.71. The number of hydrogen-bond acceptors (Lipinski definition) is 2. The molecular weight excluding hydrogens is 288 g/mol. The zero-order chi connectivity index (χ0) is 15.9. The Kier molecular flexibility index (Phi) is 12.4. The molecule has 22 heavy (non-hydrogen) atoms. The Morgan fingerprint density at radius 3 is 1.64 bits per heavy atom. The molecule has 0 amide bonds. The minimum absolute atomic E-state index is 0.690. The topological polar surface area (TPSA) is 28.8 Å². The van der Waals surface area contributed by atoms with Crippen LogP contribution in [0.15, 0.2) is 11.6 Å². The lowest BCUT2D eigenvalue weighted by Gasteiger charge is -2.04. The van der Waals surface area contributed by atoms with Gasteiger partial charge in [0.05, 0.1) is 0 Å². The monoisotopic (exact) mass is 324 g/mol. The molecule has 0 fully saturated rings. The zero-order valence-corrected chi connectivity index (χ0v) is 15.4. The summed E-state index contributed by atoms with van der Waals surface area (Å²) in [6.45, 7) is 3.31. The van der Waals surface area contributed by atoms with Crippen LogP contribution in [0.5, 0.6) is 0 Å². The molecule has 128 valence electrons. The molecule has 0 spiro atoms. The number of thiazole rings is 1. The van der Waals surface area contributed by atoms with Crippen LogP contribution in [0.4, 0.5) is 0 Å². The molecule has 0 aromatic carbocycles. The summed E-state index contributed by atoms with van der Waals surface area (Å²) in [5.74, 6) is 0. The molecule has 1 aromatic rings. The van der Waals surface area contributed by atoms with Gasteiger partial charge in [-0.1, -0.05) is 90.4 Å². The van der Waals surface area contributed by atoms with E-state index in [2.05, 4.69) is 11.5 Å². The lowest BCUT2D eigenvalue weighted by atomic mass is 10.0. The van der Waals surface area contributed by atoms with Crippen LogP contribution in [0.1, 0.15) is 96.8 Å². The van der Waals surface area contributed by atoms with Crippen molar-refractivity contribution < 1.29 is 0 Å². The van der Waals surface area contributed by atoms with Gasteiger partial charge in [0.25, 0.3) is 0 Å². The molecule has 1 rings (SSSR count). The number of rotatable bonds is 15. The molecule has 3 heteroatoms. The molecule has 2 nitrogen and oxygen atoms in total. The maximum absolute atomic E-state index is 7.71. The van der Waals surface area contributed by atoms with Crippen molar-refractivity contribution in [3.8, 4) is 0 Å². The normalized spacial score (nSPS) is 11.1. The second-order valence-electron chi connectivity index (χ2n) is 6.50. The molecule has 0 aliphatic rings. The van der Waals surface area contributed by atoms with Crippen LogP contribution in [-0.4, -0.2) is 4.57 Å². The SMILES string of the molecule is CCCCCCCCCCCCCCCCn1ccsc1=N. The third kappa shape index (κ3) is 10.2. The highest BCUT2D eigenvalue weighted by Gasteiger charge is 1.96. The van der Waals surface area contributed by atoms with E-state index < -0.39 is 0 Å². The first-order valence-corrected chi connectivity index (χ1v) is 10.4. The Balaban J connectivity index is 1.75. The van der Waals surface area contributed by atoms with E-state index in [4.69, 9.17) is 5.41 Å². The average molecular weight is 325 g/mol. The van der Waals surface area contributed by atoms with E-state index >= 15 is 0 Å². The molecule has 0 bridgehead atoms. The van der Waals surface area contributed by atoms with Gasteiger partial charge in [-0.2, -0.15) is 0 Å². The fraction of sp³-hybridized carbons (Fsp3) is 0.842. The molecule has 1 aromatic heterocycles. The molecule has 1 N–H and O–H groups in total. The zero-order valence-electron chi connectivity index (χ0n) is 14.6. The molecule has 0 saturated heterocycles. The summed E-state index contributed by atoms with van der Waals surface area (Å²) in [4.78, 5) is 0.690. The van der Waals surface area contributed by atoms with Crippen LogP contribution in [0.3, 0.4) is 0 Å². The van der Waals surface area contributed by atoms with E-state index in [1.54, 1.807) is 0 Å². The lowest BCUT2D eigenvalue weighted by molar-refractivity contribution is 0.521. The summed E-state index contributed by atoms with van der Waals surface area (Å²) < 4.78 is 2.06. The van der Waals surface area contributed by atoms with Crippen LogP contribution in [0, 0.1) is 5.41 Å². The Morgan fingerprint density at radius 2 is 1.23 bits per heavy atom. The largest absolute Gasteiger partial charge is 0.324 e. The molecular formula is C19H36N2S. The minimum atomic E-state index is 0.690. The van der Waals surface area contributed by atoms with Crippen molar-refractivity contribution in [3.63, 3.8) is 0 Å². The highest BCUT2D eigenvalue weighted by atomic mass is 32.1. The van der Waals surface area contributed by atoms with Crippen LogP contribution < -0.4 is 4.80 Å². The predicted octanol–water partition coefficient (Wildman–Crippen LogP) is 6.51. The number of nitrogens with one attached hydrogen (secondary N) is 1. The van der Waals surface area contributed by atoms with Gasteiger partial charge in [0.1, 0.15) is 0 Å². The van der Waals surface area contributed by atoms with Gasteiger partial charge in [-0.15, -0.1) is 11.3 Å². The summed E-state index contributed by atoms with van der Waals surface area (Å²) in [5, 5.41) is 9.71. The molecule has 0 atom stereocenters. The standard InChI is InChI=1S/C19H36N2S/c1-2-3-4-5-6-7-8-9-10-11-12-13-14-15-16-21-17-18-22-19(21)20/h17-18,20H,2-16H2,1H3. The number of unbranched alkanes of at least 4 members (excludes halogenated alkanes) is 13. The second-order valence-corrected chi connectivity index (χ2v) is 7.39. The average Bonchev–Trinajstić information content (AvgIpc) is 2.93. The van der Waals surface area contributed by atoms with E-state index in [1.165, 1.54) is 101 Å². The third-order valence-electron chi connectivity index (χ3n) is 4.43. The Hall–Kier alpha value is -0.570. The number of aryl methyl sites for hydroxylation is 1. The van der Waals surface area contributed by atoms with Gasteiger partial charge in [0.2, 0.25) is 0 Å². The summed E-state index contributed by atoms with van der Waals surface area (Å²) in [6, 6.07) is 0. The molecule has 0 unspecified atom stereocenters. The van der Waals surface area contributed by atoms with E-state index in [1.807, 2.05) is 11.6 Å². The highest BCUT2D eigenvalue weighted by molar-refractivity contribution is 7.06. The van der Waals surface area contributed by atoms with Crippen molar-refractivity contribution in [3.05, 3.63) is 16.4 Å². The molecule has 0 radical (unpaired) electrons. The third-order valence-corrected chi connectivity index (χ3v) is 5.15. The smallest absolute Gasteiger partial charge is 0.181 e. The fourth-order valence-corrected chi connectivity index (χ4v) is 3.58. The van der Waals surface area contributed by atoms with E-state index in [0.29, 0.717) is 4.80 Å². The van der Waals surface area contributed by atoms with Crippen LogP contribution in [-0.2, 0) is 6.54 Å². The lowest BCUT2D eigenvalue weighted by Crippen LogP contribution is -2.11. The number of aromatic nitrogens is 1. The van der Waals surface area contributed by atoms with Gasteiger partial charge < -0.3 is 4.57 Å². The molecule has 0 aliphatic carbocycles. The van der Waals surface area contributed by atoms with Gasteiger partial charge in [0, 0.05) is 18.1 Å². The van der Waals surface area contributed by atoms with E-state index in [-0.39, 0.29) is 0 Å². The van der Waals surface area contributed by atoms with Crippen LogP contribution in [0.25, 0.3) is 0 Å². The van der Waals surface area contributed by atoms with Crippen molar-refractivity contribution in [2.75, 3.05) is 0 Å². The Bertz CT molecular complexity index is 394. The molecule has 0 saturated carbocycles. The van der Waals surface area contributed by atoms with Gasteiger partial charge in [0.15, 0.2) is 4.80 Å². The fourth-order valence-electron chi connectivity index (χ4n) is 2.96. The number of hydrogen-bond donors (Lipinski definition) is 1. The highest BCUT2D eigenvalue weighted by Crippen LogP contribution is 2.13. The first kappa shape index (κ1) is 19.5. The van der Waals surface area contributed by atoms with Gasteiger partial charge in [-0.3, -0.25) is 5.41 Å². The van der Waals surface area contributed by atoms with Crippen molar-refractivity contribution in [2.24, 2.45) is 0 Å². The summed E-state index contributed by atoms with van der Waals surface area (Å²) in [5.41, 5.74) is 0. The van der Waals surface area contributed by atoms with Crippen molar-refractivity contribution in [2.45, 2.75) is 103 Å². The maximum Gasteiger partial charge on any atom is 0.181 e. The quantitative estimate of drug-likeness (QED) is 0.356. The molecule has 1 heterocycles. The summed E-state index contributed by atoms with van der Waals surface area (Å²) >= 11 is 1.52. The van der Waals surface area contributed by atoms with Crippen molar-refractivity contribution in [1.29, 1.82) is 5.41 Å². The van der Waals surface area contributed by atoms with Crippen molar-refractivity contribution in [1.82, 2.24) is 4.57 Å². The van der Waals surface area contributed by atoms with Crippen LogP contribution >= 0.6 is 11.3 Å². The summed E-state index contributed by atoms with van der Waals surface area (Å²) in [6.07, 6.45) is 21.7. The van der Waals surface area contributed by atoms with E-state index in [0.717, 1.165) is 6.54 Å². The first-order chi connectivity index (χ1) is 10.8. The molecule has 0 aliphatic heterocycles. The Morgan fingerprint density at radius 1 is 0.773 bits per heavy atom. The van der Waals surface area contributed by atoms with Crippen LogP contribution in [0.2, 0.25) is 0 Å². The van der Waals surface area contributed by atoms with Gasteiger partial charge >= 0.3 is 0 Å². The predicted molar refractivity (Wildman–Crippen MR) is 98.5 cm³/mol. The number of nitrogens with zero attached hydrogens (tertiary/aromatic N) is 1. The van der Waals surface area contributed by atoms with Gasteiger partial charge in [-0.25, -0.2) is 0 Å².